The summed E-state index contributed by atoms with van der Waals surface area (Å²) in [5, 5.41) is 8.73. The zero-order valence-corrected chi connectivity index (χ0v) is 10.7. The van der Waals surface area contributed by atoms with Crippen LogP contribution in [0.1, 0.15) is 26.5 Å². The van der Waals surface area contributed by atoms with E-state index in [4.69, 9.17) is 9.84 Å². The standard InChI is InChI=1S/C13H7F3N2O4/c14-13(15,16)7-2-1-3-8(4-7)22-12(21)10-6-17-5-9(18-10)11(19)20/h1-6H,(H,19,20). The van der Waals surface area contributed by atoms with E-state index < -0.39 is 35.1 Å². The zero-order valence-electron chi connectivity index (χ0n) is 10.7. The third kappa shape index (κ3) is 3.57. The molecule has 0 aliphatic carbocycles. The van der Waals surface area contributed by atoms with E-state index in [1.807, 2.05) is 0 Å². The van der Waals surface area contributed by atoms with Crippen LogP contribution in [0.4, 0.5) is 13.2 Å². The number of aromatic carboxylic acids is 1. The molecule has 0 bridgehead atoms. The highest BCUT2D eigenvalue weighted by molar-refractivity contribution is 5.91. The minimum absolute atomic E-state index is 0.345. The smallest absolute Gasteiger partial charge is 0.416 e. The number of carboxylic acids is 1. The molecule has 114 valence electrons. The second kappa shape index (κ2) is 5.80. The van der Waals surface area contributed by atoms with Crippen LogP contribution in [0, 0.1) is 0 Å². The Hall–Kier alpha value is -2.97. The summed E-state index contributed by atoms with van der Waals surface area (Å²) >= 11 is 0. The third-order valence-electron chi connectivity index (χ3n) is 2.43. The number of halogens is 3. The Kier molecular flexibility index (Phi) is 4.06. The highest BCUT2D eigenvalue weighted by Gasteiger charge is 2.30. The molecule has 0 radical (unpaired) electrons. The van der Waals surface area contributed by atoms with Gasteiger partial charge >= 0.3 is 18.1 Å². The van der Waals surface area contributed by atoms with Gasteiger partial charge in [0.2, 0.25) is 0 Å². The normalized spacial score (nSPS) is 11.0. The maximum Gasteiger partial charge on any atom is 0.416 e. The largest absolute Gasteiger partial charge is 0.476 e. The molecule has 0 saturated heterocycles. The lowest BCUT2D eigenvalue weighted by molar-refractivity contribution is -0.137. The number of rotatable bonds is 3. The zero-order chi connectivity index (χ0) is 16.3. The second-order valence-corrected chi connectivity index (χ2v) is 4.01. The highest BCUT2D eigenvalue weighted by Crippen LogP contribution is 2.31. The number of benzene rings is 1. The minimum Gasteiger partial charge on any atom is -0.476 e. The minimum atomic E-state index is -4.58. The van der Waals surface area contributed by atoms with Crippen LogP contribution in [0.15, 0.2) is 36.7 Å². The molecule has 0 atom stereocenters. The molecule has 0 saturated carbocycles. The molecule has 1 heterocycles. The average Bonchev–Trinajstić information content (AvgIpc) is 2.46. The van der Waals surface area contributed by atoms with Crippen molar-refractivity contribution >= 4 is 11.9 Å². The molecule has 0 fully saturated rings. The van der Waals surface area contributed by atoms with E-state index in [1.165, 1.54) is 0 Å². The van der Waals surface area contributed by atoms with Crippen LogP contribution < -0.4 is 4.74 Å². The molecule has 1 N–H and O–H groups in total. The number of carboxylic acid groups (broad SMARTS) is 1. The summed E-state index contributed by atoms with van der Waals surface area (Å²) in [6.45, 7) is 0. The van der Waals surface area contributed by atoms with Gasteiger partial charge in [0, 0.05) is 0 Å². The predicted octanol–water partition coefficient (Wildman–Crippen LogP) is 2.41. The van der Waals surface area contributed by atoms with E-state index >= 15 is 0 Å². The van der Waals surface area contributed by atoms with Crippen LogP contribution in [0.2, 0.25) is 0 Å². The molecule has 0 aliphatic heterocycles. The van der Waals surface area contributed by atoms with Crippen LogP contribution in [-0.4, -0.2) is 27.0 Å². The fraction of sp³-hybridized carbons (Fsp3) is 0.0769. The van der Waals surface area contributed by atoms with Crippen molar-refractivity contribution in [2.75, 3.05) is 0 Å². The Morgan fingerprint density at radius 2 is 1.82 bits per heavy atom. The van der Waals surface area contributed by atoms with E-state index in [1.54, 1.807) is 0 Å². The quantitative estimate of drug-likeness (QED) is 0.691. The van der Waals surface area contributed by atoms with E-state index in [9.17, 15) is 22.8 Å². The van der Waals surface area contributed by atoms with Gasteiger partial charge in [0.1, 0.15) is 5.75 Å². The summed E-state index contributed by atoms with van der Waals surface area (Å²) in [5.41, 5.74) is -1.90. The number of aromatic nitrogens is 2. The van der Waals surface area contributed by atoms with Gasteiger partial charge in [-0.15, -0.1) is 0 Å². The number of hydrogen-bond acceptors (Lipinski definition) is 5. The summed E-state index contributed by atoms with van der Waals surface area (Å²) in [6, 6.07) is 3.70. The van der Waals surface area contributed by atoms with Gasteiger partial charge in [-0.3, -0.25) is 4.98 Å². The van der Waals surface area contributed by atoms with Crippen molar-refractivity contribution in [3.8, 4) is 5.75 Å². The first kappa shape index (κ1) is 15.4. The summed E-state index contributed by atoms with van der Waals surface area (Å²) in [6.07, 6.45) is -2.71. The maximum atomic E-state index is 12.5. The Bertz CT molecular complexity index is 731. The molecule has 0 aliphatic rings. The molecule has 6 nitrogen and oxygen atoms in total. The number of carbonyl (C=O) groups excluding carboxylic acids is 1. The molecule has 0 spiro atoms. The summed E-state index contributed by atoms with van der Waals surface area (Å²) in [5.74, 6) is -2.86. The molecule has 0 amide bonds. The third-order valence-corrected chi connectivity index (χ3v) is 2.43. The Balaban J connectivity index is 2.22. The van der Waals surface area contributed by atoms with Crippen molar-refractivity contribution in [2.45, 2.75) is 6.18 Å². The number of hydrogen-bond donors (Lipinski definition) is 1. The predicted molar refractivity (Wildman–Crippen MR) is 65.4 cm³/mol. The van der Waals surface area contributed by atoms with E-state index in [2.05, 4.69) is 9.97 Å². The van der Waals surface area contributed by atoms with Crippen molar-refractivity contribution in [3.63, 3.8) is 0 Å². The SMILES string of the molecule is O=C(O)c1cncc(C(=O)Oc2cccc(C(F)(F)F)c2)n1. The van der Waals surface area contributed by atoms with E-state index in [0.717, 1.165) is 30.6 Å². The maximum absolute atomic E-state index is 12.5. The molecule has 1 aromatic heterocycles. The molecular formula is C13H7F3N2O4. The molecule has 9 heteroatoms. The van der Waals surface area contributed by atoms with Crippen LogP contribution in [0.3, 0.4) is 0 Å². The van der Waals surface area contributed by atoms with Gasteiger partial charge < -0.3 is 9.84 Å². The van der Waals surface area contributed by atoms with Crippen molar-refractivity contribution < 1.29 is 32.6 Å². The average molecular weight is 312 g/mol. The molecule has 22 heavy (non-hydrogen) atoms. The van der Waals surface area contributed by atoms with Crippen LogP contribution >= 0.6 is 0 Å². The summed E-state index contributed by atoms with van der Waals surface area (Å²) < 4.78 is 42.4. The first-order valence-corrected chi connectivity index (χ1v) is 5.72. The lowest BCUT2D eigenvalue weighted by atomic mass is 10.2. The van der Waals surface area contributed by atoms with Crippen LogP contribution in [0.25, 0.3) is 0 Å². The first-order valence-electron chi connectivity index (χ1n) is 5.72. The highest BCUT2D eigenvalue weighted by atomic mass is 19.4. The van der Waals surface area contributed by atoms with E-state index in [0.29, 0.717) is 6.07 Å². The van der Waals surface area contributed by atoms with Gasteiger partial charge in [-0.05, 0) is 18.2 Å². The first-order chi connectivity index (χ1) is 10.3. The van der Waals surface area contributed by atoms with Crippen molar-refractivity contribution in [3.05, 3.63) is 53.6 Å². The van der Waals surface area contributed by atoms with Gasteiger partial charge in [-0.1, -0.05) is 6.07 Å². The van der Waals surface area contributed by atoms with Crippen molar-refractivity contribution in [2.24, 2.45) is 0 Å². The van der Waals surface area contributed by atoms with Crippen molar-refractivity contribution in [1.82, 2.24) is 9.97 Å². The number of nitrogens with zero attached hydrogens (tertiary/aromatic N) is 2. The lowest BCUT2D eigenvalue weighted by Gasteiger charge is -2.08. The van der Waals surface area contributed by atoms with Gasteiger partial charge in [0.25, 0.3) is 0 Å². The molecule has 2 aromatic rings. The molecule has 1 aromatic carbocycles. The Morgan fingerprint density at radius 3 is 2.45 bits per heavy atom. The van der Waals surface area contributed by atoms with Crippen LogP contribution in [0.5, 0.6) is 5.75 Å². The number of carbonyl (C=O) groups is 2. The number of alkyl halides is 3. The van der Waals surface area contributed by atoms with Gasteiger partial charge in [-0.2, -0.15) is 13.2 Å². The topological polar surface area (TPSA) is 89.4 Å². The van der Waals surface area contributed by atoms with Crippen molar-refractivity contribution in [1.29, 1.82) is 0 Å². The fourth-order valence-corrected chi connectivity index (χ4v) is 1.46. The monoisotopic (exact) mass is 312 g/mol. The molecule has 0 unspecified atom stereocenters. The Morgan fingerprint density at radius 1 is 1.14 bits per heavy atom. The molecular weight excluding hydrogens is 305 g/mol. The number of ether oxygens (including phenoxy) is 1. The fourth-order valence-electron chi connectivity index (χ4n) is 1.46. The second-order valence-electron chi connectivity index (χ2n) is 4.01. The van der Waals surface area contributed by atoms with Gasteiger partial charge in [0.15, 0.2) is 11.4 Å². The van der Waals surface area contributed by atoms with Gasteiger partial charge in [0.05, 0.1) is 18.0 Å². The summed E-state index contributed by atoms with van der Waals surface area (Å²) in [7, 11) is 0. The number of esters is 1. The summed E-state index contributed by atoms with van der Waals surface area (Å²) in [4.78, 5) is 29.4. The van der Waals surface area contributed by atoms with Crippen LogP contribution in [-0.2, 0) is 6.18 Å². The Labute approximate surface area is 121 Å². The lowest BCUT2D eigenvalue weighted by Crippen LogP contribution is -2.14. The van der Waals surface area contributed by atoms with E-state index in [-0.39, 0.29) is 5.75 Å². The van der Waals surface area contributed by atoms with Gasteiger partial charge in [-0.25, -0.2) is 14.6 Å². The molecule has 2 rings (SSSR count).